The maximum absolute atomic E-state index is 13.2. The van der Waals surface area contributed by atoms with Gasteiger partial charge in [-0.25, -0.2) is 8.78 Å². The third kappa shape index (κ3) is 3.77. The maximum Gasteiger partial charge on any atom is 0.249 e. The predicted molar refractivity (Wildman–Crippen MR) is 72.5 cm³/mol. The van der Waals surface area contributed by atoms with Gasteiger partial charge in [0.15, 0.2) is 11.6 Å². The standard InChI is InChI=1S/C15H19F2NO3/c1-8-3-6-13(21-8)15(20)18-9(2)14(19)10-4-5-11(16)12(17)7-10/h4-5,7-9,13-14,19H,3,6H2,1-2H3,(H,18,20). The normalized spacial score (nSPS) is 24.6. The van der Waals surface area contributed by atoms with Crippen molar-refractivity contribution in [3.05, 3.63) is 35.4 Å². The second-order valence-electron chi connectivity index (χ2n) is 5.43. The molecule has 0 bridgehead atoms. The highest BCUT2D eigenvalue weighted by Gasteiger charge is 2.30. The quantitative estimate of drug-likeness (QED) is 0.895. The molecule has 1 amide bonds. The lowest BCUT2D eigenvalue weighted by Gasteiger charge is -2.22. The lowest BCUT2D eigenvalue weighted by molar-refractivity contribution is -0.133. The SMILES string of the molecule is CC1CCC(C(=O)NC(C)C(O)c2ccc(F)c(F)c2)O1. The van der Waals surface area contributed by atoms with Crippen LogP contribution in [0, 0.1) is 11.6 Å². The van der Waals surface area contributed by atoms with E-state index in [1.807, 2.05) is 6.92 Å². The number of halogens is 2. The molecule has 4 atom stereocenters. The van der Waals surface area contributed by atoms with Crippen LogP contribution in [-0.4, -0.2) is 29.3 Å². The molecular weight excluding hydrogens is 280 g/mol. The number of carbonyl (C=O) groups is 1. The van der Waals surface area contributed by atoms with Crippen LogP contribution >= 0.6 is 0 Å². The van der Waals surface area contributed by atoms with Crippen molar-refractivity contribution in [3.63, 3.8) is 0 Å². The van der Waals surface area contributed by atoms with Crippen LogP contribution in [0.5, 0.6) is 0 Å². The van der Waals surface area contributed by atoms with Crippen LogP contribution in [0.3, 0.4) is 0 Å². The van der Waals surface area contributed by atoms with Gasteiger partial charge in [-0.2, -0.15) is 0 Å². The number of rotatable bonds is 4. The molecule has 4 nitrogen and oxygen atoms in total. The molecule has 0 aliphatic carbocycles. The zero-order valence-corrected chi connectivity index (χ0v) is 12.0. The van der Waals surface area contributed by atoms with Crippen LogP contribution in [0.25, 0.3) is 0 Å². The Bertz CT molecular complexity index is 524. The van der Waals surface area contributed by atoms with Crippen molar-refractivity contribution in [3.8, 4) is 0 Å². The van der Waals surface area contributed by atoms with Gasteiger partial charge in [0, 0.05) is 0 Å². The number of hydrogen-bond donors (Lipinski definition) is 2. The third-order valence-electron chi connectivity index (χ3n) is 3.65. The van der Waals surface area contributed by atoms with Crippen LogP contribution in [0.4, 0.5) is 8.78 Å². The molecule has 0 radical (unpaired) electrons. The highest BCUT2D eigenvalue weighted by Crippen LogP contribution is 2.22. The third-order valence-corrected chi connectivity index (χ3v) is 3.65. The van der Waals surface area contributed by atoms with Crippen molar-refractivity contribution < 1.29 is 23.4 Å². The smallest absolute Gasteiger partial charge is 0.249 e. The highest BCUT2D eigenvalue weighted by molar-refractivity contribution is 5.81. The minimum atomic E-state index is -1.12. The average molecular weight is 299 g/mol. The van der Waals surface area contributed by atoms with Crippen LogP contribution in [0.15, 0.2) is 18.2 Å². The molecular formula is C15H19F2NO3. The summed E-state index contributed by atoms with van der Waals surface area (Å²) in [5, 5.41) is 12.7. The second-order valence-corrected chi connectivity index (χ2v) is 5.43. The molecule has 21 heavy (non-hydrogen) atoms. The van der Waals surface area contributed by atoms with Crippen LogP contribution < -0.4 is 5.32 Å². The summed E-state index contributed by atoms with van der Waals surface area (Å²) >= 11 is 0. The molecule has 1 heterocycles. The van der Waals surface area contributed by atoms with Crippen molar-refractivity contribution in [1.82, 2.24) is 5.32 Å². The number of amides is 1. The Kier molecular flexibility index (Phi) is 4.90. The number of aliphatic hydroxyl groups is 1. The molecule has 1 fully saturated rings. The zero-order chi connectivity index (χ0) is 15.6. The summed E-state index contributed by atoms with van der Waals surface area (Å²) in [4.78, 5) is 12.0. The number of carbonyl (C=O) groups excluding carboxylic acids is 1. The van der Waals surface area contributed by atoms with E-state index in [1.54, 1.807) is 6.92 Å². The first-order chi connectivity index (χ1) is 9.88. The summed E-state index contributed by atoms with van der Waals surface area (Å²) in [7, 11) is 0. The van der Waals surface area contributed by atoms with E-state index in [4.69, 9.17) is 4.74 Å². The van der Waals surface area contributed by atoms with Gasteiger partial charge in [0.05, 0.1) is 18.2 Å². The average Bonchev–Trinajstić information content (AvgIpc) is 2.87. The fourth-order valence-electron chi connectivity index (χ4n) is 2.38. The van der Waals surface area contributed by atoms with Crippen molar-refractivity contribution in [2.75, 3.05) is 0 Å². The summed E-state index contributed by atoms with van der Waals surface area (Å²) in [5.41, 5.74) is 0.211. The minimum absolute atomic E-state index is 0.0483. The zero-order valence-electron chi connectivity index (χ0n) is 12.0. The second kappa shape index (κ2) is 6.49. The fraction of sp³-hybridized carbons (Fsp3) is 0.533. The van der Waals surface area contributed by atoms with Gasteiger partial charge in [-0.05, 0) is 44.4 Å². The Morgan fingerprint density at radius 1 is 1.38 bits per heavy atom. The summed E-state index contributed by atoms with van der Waals surface area (Å²) in [5.74, 6) is -2.30. The molecule has 2 N–H and O–H groups in total. The van der Waals surface area contributed by atoms with E-state index < -0.39 is 29.9 Å². The molecule has 1 saturated heterocycles. The lowest BCUT2D eigenvalue weighted by Crippen LogP contribution is -2.42. The number of aliphatic hydroxyl groups excluding tert-OH is 1. The van der Waals surface area contributed by atoms with Gasteiger partial charge < -0.3 is 15.2 Å². The number of ether oxygens (including phenoxy) is 1. The number of benzene rings is 1. The van der Waals surface area contributed by atoms with E-state index in [0.717, 1.165) is 18.6 Å². The number of nitrogens with one attached hydrogen (secondary N) is 1. The monoisotopic (exact) mass is 299 g/mol. The Hall–Kier alpha value is -1.53. The van der Waals surface area contributed by atoms with E-state index in [1.165, 1.54) is 6.07 Å². The van der Waals surface area contributed by atoms with Gasteiger partial charge in [-0.15, -0.1) is 0 Å². The Balaban J connectivity index is 1.97. The van der Waals surface area contributed by atoms with Gasteiger partial charge >= 0.3 is 0 Å². The molecule has 0 spiro atoms. The van der Waals surface area contributed by atoms with Gasteiger partial charge in [0.1, 0.15) is 6.10 Å². The van der Waals surface area contributed by atoms with Crippen molar-refractivity contribution >= 4 is 5.91 Å². The summed E-state index contributed by atoms with van der Waals surface area (Å²) in [6.45, 7) is 3.50. The van der Waals surface area contributed by atoms with E-state index in [2.05, 4.69) is 5.32 Å². The largest absolute Gasteiger partial charge is 0.386 e. The maximum atomic E-state index is 13.2. The Morgan fingerprint density at radius 3 is 2.67 bits per heavy atom. The first-order valence-corrected chi connectivity index (χ1v) is 6.97. The topological polar surface area (TPSA) is 58.6 Å². The van der Waals surface area contributed by atoms with Crippen LogP contribution in [0.1, 0.15) is 38.4 Å². The molecule has 0 aromatic heterocycles. The molecule has 4 unspecified atom stereocenters. The summed E-state index contributed by atoms with van der Waals surface area (Å²) in [6, 6.07) is 2.53. The van der Waals surface area contributed by atoms with Crippen molar-refractivity contribution in [2.45, 2.75) is 51.0 Å². The number of hydrogen-bond acceptors (Lipinski definition) is 3. The molecule has 1 aliphatic rings. The highest BCUT2D eigenvalue weighted by atomic mass is 19.2. The van der Waals surface area contributed by atoms with E-state index in [-0.39, 0.29) is 17.6 Å². The predicted octanol–water partition coefficient (Wildman–Crippen LogP) is 2.07. The van der Waals surface area contributed by atoms with Gasteiger partial charge in [-0.3, -0.25) is 4.79 Å². The van der Waals surface area contributed by atoms with E-state index >= 15 is 0 Å². The molecule has 116 valence electrons. The van der Waals surface area contributed by atoms with Gasteiger partial charge in [-0.1, -0.05) is 6.07 Å². The molecule has 1 aliphatic heterocycles. The van der Waals surface area contributed by atoms with Gasteiger partial charge in [0.2, 0.25) is 5.91 Å². The molecule has 0 saturated carbocycles. The van der Waals surface area contributed by atoms with Crippen LogP contribution in [-0.2, 0) is 9.53 Å². The summed E-state index contributed by atoms with van der Waals surface area (Å²) < 4.78 is 31.5. The van der Waals surface area contributed by atoms with Crippen LogP contribution in [0.2, 0.25) is 0 Å². The molecule has 1 aromatic rings. The summed E-state index contributed by atoms with van der Waals surface area (Å²) in [6.07, 6.45) is -0.131. The lowest BCUT2D eigenvalue weighted by atomic mass is 10.0. The van der Waals surface area contributed by atoms with E-state index in [9.17, 15) is 18.7 Å². The Morgan fingerprint density at radius 2 is 2.10 bits per heavy atom. The van der Waals surface area contributed by atoms with Crippen molar-refractivity contribution in [2.24, 2.45) is 0 Å². The molecule has 2 rings (SSSR count). The fourth-order valence-corrected chi connectivity index (χ4v) is 2.38. The molecule has 1 aromatic carbocycles. The van der Waals surface area contributed by atoms with Gasteiger partial charge in [0.25, 0.3) is 0 Å². The first-order valence-electron chi connectivity index (χ1n) is 6.97. The van der Waals surface area contributed by atoms with Crippen molar-refractivity contribution in [1.29, 1.82) is 0 Å². The first kappa shape index (κ1) is 15.9. The van der Waals surface area contributed by atoms with E-state index in [0.29, 0.717) is 6.42 Å². The Labute approximate surface area is 122 Å². The minimum Gasteiger partial charge on any atom is -0.386 e. The molecule has 6 heteroatoms.